The van der Waals surface area contributed by atoms with E-state index >= 15 is 0 Å². The van der Waals surface area contributed by atoms with E-state index in [1.807, 2.05) is 16.7 Å². The van der Waals surface area contributed by atoms with Crippen molar-refractivity contribution >= 4 is 17.4 Å². The summed E-state index contributed by atoms with van der Waals surface area (Å²) in [6, 6.07) is 4.19. The highest BCUT2D eigenvalue weighted by molar-refractivity contribution is 5.94. The lowest BCUT2D eigenvalue weighted by molar-refractivity contribution is -0.0533. The molecule has 5 rings (SSSR count). The monoisotopic (exact) mass is 530 g/mol. The molecule has 0 aliphatic carbocycles. The minimum absolute atomic E-state index is 0.0578. The molecular formula is C27H36F2N6O3. The Labute approximate surface area is 222 Å². The van der Waals surface area contributed by atoms with Crippen LogP contribution in [0.2, 0.25) is 0 Å². The summed E-state index contributed by atoms with van der Waals surface area (Å²) in [7, 11) is 1.72. The number of methoxy groups -OCH3 is 1. The van der Waals surface area contributed by atoms with E-state index in [1.54, 1.807) is 7.11 Å². The molecule has 1 aromatic carbocycles. The van der Waals surface area contributed by atoms with Crippen molar-refractivity contribution in [1.29, 1.82) is 0 Å². The van der Waals surface area contributed by atoms with Crippen molar-refractivity contribution in [2.24, 2.45) is 0 Å². The molecular weight excluding hydrogens is 494 g/mol. The zero-order chi connectivity index (χ0) is 26.6. The normalized spacial score (nSPS) is 23.1. The lowest BCUT2D eigenvalue weighted by Gasteiger charge is -2.38. The van der Waals surface area contributed by atoms with Crippen LogP contribution in [0, 0.1) is 18.6 Å². The lowest BCUT2D eigenvalue weighted by atomic mass is 9.99. The lowest BCUT2D eigenvalue weighted by Crippen LogP contribution is -2.54. The van der Waals surface area contributed by atoms with Gasteiger partial charge in [0.2, 0.25) is 0 Å². The summed E-state index contributed by atoms with van der Waals surface area (Å²) in [6.07, 6.45) is 4.18. The fraction of sp³-hybridized carbons (Fsp3) is 0.593. The van der Waals surface area contributed by atoms with Crippen LogP contribution in [-0.2, 0) is 9.47 Å². The minimum Gasteiger partial charge on any atom is -0.379 e. The van der Waals surface area contributed by atoms with Gasteiger partial charge in [0.25, 0.3) is 5.91 Å². The van der Waals surface area contributed by atoms with E-state index in [1.165, 1.54) is 18.5 Å². The number of hydrogen-bond acceptors (Lipinski definition) is 8. The van der Waals surface area contributed by atoms with E-state index < -0.39 is 11.6 Å². The number of nitrogens with zero attached hydrogens (tertiary/aromatic N) is 5. The number of hydrogen-bond donors (Lipinski definition) is 1. The molecule has 11 heteroatoms. The molecule has 3 saturated heterocycles. The van der Waals surface area contributed by atoms with Gasteiger partial charge < -0.3 is 29.5 Å². The number of rotatable bonds is 6. The Morgan fingerprint density at radius 2 is 1.68 bits per heavy atom. The highest BCUT2D eigenvalue weighted by atomic mass is 19.1. The van der Waals surface area contributed by atoms with Crippen LogP contribution < -0.4 is 15.1 Å². The topological polar surface area (TPSA) is 83.1 Å². The minimum atomic E-state index is -0.584. The molecule has 3 fully saturated rings. The number of benzene rings is 1. The van der Waals surface area contributed by atoms with Gasteiger partial charge in [-0.25, -0.2) is 18.7 Å². The van der Waals surface area contributed by atoms with Crippen molar-refractivity contribution in [1.82, 2.24) is 20.2 Å². The van der Waals surface area contributed by atoms with Gasteiger partial charge in [0.15, 0.2) is 0 Å². The van der Waals surface area contributed by atoms with Crippen molar-refractivity contribution in [2.45, 2.75) is 44.4 Å². The number of nitrogens with one attached hydrogen (secondary N) is 1. The molecule has 3 aliphatic heterocycles. The highest BCUT2D eigenvalue weighted by Gasteiger charge is 2.31. The van der Waals surface area contributed by atoms with E-state index in [9.17, 15) is 13.6 Å². The first-order valence-corrected chi connectivity index (χ1v) is 13.4. The Kier molecular flexibility index (Phi) is 8.35. The number of amides is 1. The summed E-state index contributed by atoms with van der Waals surface area (Å²) in [5, 5.41) is 3.72. The zero-order valence-electron chi connectivity index (χ0n) is 22.0. The molecule has 0 bridgehead atoms. The smallest absolute Gasteiger partial charge is 0.272 e. The van der Waals surface area contributed by atoms with Crippen LogP contribution in [-0.4, -0.2) is 98.6 Å². The SMILES string of the molecule is COC1COCCC1NC1CCN(C(=O)c2ncnc(N3CCN(c4cc(F)cc(F)c4)CC3)c2C)CC1. The largest absolute Gasteiger partial charge is 0.379 e. The maximum absolute atomic E-state index is 13.7. The van der Waals surface area contributed by atoms with Gasteiger partial charge in [0.1, 0.15) is 29.5 Å². The van der Waals surface area contributed by atoms with Gasteiger partial charge in [0.05, 0.1) is 12.7 Å². The standard InChI is InChI=1S/C27H36F2N6O3/c1-18-25(27(36)35-6-3-21(4-7-35)32-23-5-12-38-16-24(23)37-2)30-17-31-26(18)34-10-8-33(9-11-34)22-14-19(28)13-20(29)15-22/h13-15,17,21,23-24,32H,3-12,16H2,1-2H3. The van der Waals surface area contributed by atoms with Crippen LogP contribution in [0.4, 0.5) is 20.3 Å². The summed E-state index contributed by atoms with van der Waals surface area (Å²) in [4.78, 5) is 28.2. The predicted octanol–water partition coefficient (Wildman–Crippen LogP) is 2.39. The number of anilines is 2. The van der Waals surface area contributed by atoms with Gasteiger partial charge in [-0.3, -0.25) is 4.79 Å². The third-order valence-electron chi connectivity index (χ3n) is 7.89. The first-order chi connectivity index (χ1) is 18.4. The number of likely N-dealkylation sites (tertiary alicyclic amines) is 1. The molecule has 2 unspecified atom stereocenters. The molecule has 0 radical (unpaired) electrons. The third-order valence-corrected chi connectivity index (χ3v) is 7.89. The van der Waals surface area contributed by atoms with Crippen LogP contribution in [0.1, 0.15) is 35.3 Å². The van der Waals surface area contributed by atoms with E-state index in [2.05, 4.69) is 20.2 Å². The molecule has 0 spiro atoms. The molecule has 1 aromatic heterocycles. The molecule has 4 heterocycles. The molecule has 0 saturated carbocycles. The van der Waals surface area contributed by atoms with Crippen LogP contribution in [0.3, 0.4) is 0 Å². The zero-order valence-corrected chi connectivity index (χ0v) is 22.0. The van der Waals surface area contributed by atoms with Crippen LogP contribution >= 0.6 is 0 Å². The summed E-state index contributed by atoms with van der Waals surface area (Å²) in [6.45, 7) is 6.99. The van der Waals surface area contributed by atoms with Gasteiger partial charge in [-0.2, -0.15) is 0 Å². The molecule has 206 valence electrons. The van der Waals surface area contributed by atoms with E-state index in [0.717, 1.165) is 43.3 Å². The quantitative estimate of drug-likeness (QED) is 0.610. The van der Waals surface area contributed by atoms with Crippen LogP contribution in [0.15, 0.2) is 24.5 Å². The van der Waals surface area contributed by atoms with E-state index in [4.69, 9.17) is 9.47 Å². The Hall–Kier alpha value is -2.89. The second kappa shape index (κ2) is 11.9. The van der Waals surface area contributed by atoms with Gasteiger partial charge in [0, 0.05) is 82.4 Å². The average Bonchev–Trinajstić information content (AvgIpc) is 2.93. The van der Waals surface area contributed by atoms with E-state index in [-0.39, 0.29) is 18.1 Å². The number of piperidine rings is 1. The molecule has 3 aliphatic rings. The first kappa shape index (κ1) is 26.7. The molecule has 1 amide bonds. The molecule has 2 atom stereocenters. The number of aromatic nitrogens is 2. The fourth-order valence-electron chi connectivity index (χ4n) is 5.71. The second-order valence-electron chi connectivity index (χ2n) is 10.3. The summed E-state index contributed by atoms with van der Waals surface area (Å²) in [5.74, 6) is -0.506. The van der Waals surface area contributed by atoms with E-state index in [0.29, 0.717) is 63.3 Å². The molecule has 38 heavy (non-hydrogen) atoms. The van der Waals surface area contributed by atoms with Gasteiger partial charge in [-0.05, 0) is 38.3 Å². The summed E-state index contributed by atoms with van der Waals surface area (Å²) >= 11 is 0. The number of halogens is 2. The van der Waals surface area contributed by atoms with Crippen molar-refractivity contribution in [3.05, 3.63) is 47.4 Å². The number of carbonyl (C=O) groups excluding carboxylic acids is 1. The predicted molar refractivity (Wildman–Crippen MR) is 140 cm³/mol. The second-order valence-corrected chi connectivity index (χ2v) is 10.3. The highest BCUT2D eigenvalue weighted by Crippen LogP contribution is 2.25. The van der Waals surface area contributed by atoms with Crippen LogP contribution in [0.25, 0.3) is 0 Å². The van der Waals surface area contributed by atoms with Gasteiger partial charge in [-0.15, -0.1) is 0 Å². The molecule has 2 aromatic rings. The van der Waals surface area contributed by atoms with Crippen molar-refractivity contribution in [3.63, 3.8) is 0 Å². The van der Waals surface area contributed by atoms with Crippen LogP contribution in [0.5, 0.6) is 0 Å². The maximum Gasteiger partial charge on any atom is 0.272 e. The Morgan fingerprint density at radius 3 is 2.37 bits per heavy atom. The molecule has 9 nitrogen and oxygen atoms in total. The fourth-order valence-corrected chi connectivity index (χ4v) is 5.71. The maximum atomic E-state index is 13.7. The Bertz CT molecular complexity index is 1100. The number of carbonyl (C=O) groups is 1. The third kappa shape index (κ3) is 5.89. The number of ether oxygens (including phenoxy) is 2. The average molecular weight is 531 g/mol. The summed E-state index contributed by atoms with van der Waals surface area (Å²) < 4.78 is 38.4. The van der Waals surface area contributed by atoms with Crippen molar-refractivity contribution in [2.75, 3.05) is 69.4 Å². The van der Waals surface area contributed by atoms with Crippen molar-refractivity contribution < 1.29 is 23.0 Å². The van der Waals surface area contributed by atoms with Crippen molar-refractivity contribution in [3.8, 4) is 0 Å². The Balaban J connectivity index is 1.18. The van der Waals surface area contributed by atoms with Gasteiger partial charge >= 0.3 is 0 Å². The first-order valence-electron chi connectivity index (χ1n) is 13.4. The summed E-state index contributed by atoms with van der Waals surface area (Å²) in [5.41, 5.74) is 1.72. The van der Waals surface area contributed by atoms with Gasteiger partial charge in [-0.1, -0.05) is 0 Å². The Morgan fingerprint density at radius 1 is 1.00 bits per heavy atom. The number of piperazine rings is 1. The molecule has 1 N–H and O–H groups in total.